The van der Waals surface area contributed by atoms with Gasteiger partial charge in [0.25, 0.3) is 0 Å². The molecule has 2 aromatic rings. The molecular weight excluding hydrogens is 288 g/mol. The summed E-state index contributed by atoms with van der Waals surface area (Å²) >= 11 is 0. The lowest BCUT2D eigenvalue weighted by atomic mass is 10.2. The largest absolute Gasteiger partial charge is 0.0991 e. The van der Waals surface area contributed by atoms with E-state index >= 15 is 0 Å². The number of rotatable bonds is 6. The van der Waals surface area contributed by atoms with Gasteiger partial charge < -0.3 is 0 Å². The fourth-order valence-electron chi connectivity index (χ4n) is 1.69. The standard InChI is InChI=1S/C12H16.C8H8.C4H6/c1-2-3-4-6-9-12-10-7-5-8-11-12;1-2-8-6-4-3-5-7-8;1-3-4-2/h5-11H,2-4H2,1H3;2-7H,1H2;3-4H,1-2H2. The van der Waals surface area contributed by atoms with E-state index in [1.807, 2.05) is 42.5 Å². The predicted molar refractivity (Wildman–Crippen MR) is 112 cm³/mol. The van der Waals surface area contributed by atoms with Gasteiger partial charge in [-0.3, -0.25) is 0 Å². The van der Waals surface area contributed by atoms with Crippen LogP contribution in [0.5, 0.6) is 0 Å². The molecule has 0 aliphatic heterocycles. The molecule has 2 rings (SSSR count). The smallest absolute Gasteiger partial charge is 0.0260 e. The minimum Gasteiger partial charge on any atom is -0.0991 e. The summed E-state index contributed by atoms with van der Waals surface area (Å²) < 4.78 is 0. The lowest BCUT2D eigenvalue weighted by Gasteiger charge is -1.91. The minimum absolute atomic E-state index is 1.17. The average molecular weight is 319 g/mol. The monoisotopic (exact) mass is 318 g/mol. The molecule has 0 atom stereocenters. The van der Waals surface area contributed by atoms with Crippen LogP contribution in [0.4, 0.5) is 0 Å². The molecule has 0 spiro atoms. The highest BCUT2D eigenvalue weighted by molar-refractivity contribution is 5.48. The van der Waals surface area contributed by atoms with Crippen LogP contribution in [0.3, 0.4) is 0 Å². The number of benzene rings is 2. The Kier molecular flexibility index (Phi) is 14.9. The Hall–Kier alpha value is -2.60. The zero-order chi connectivity index (χ0) is 17.9. The Morgan fingerprint density at radius 2 is 1.25 bits per heavy atom. The molecule has 24 heavy (non-hydrogen) atoms. The van der Waals surface area contributed by atoms with E-state index in [-0.39, 0.29) is 0 Å². The molecule has 2 aromatic carbocycles. The second-order valence-electron chi connectivity index (χ2n) is 5.04. The van der Waals surface area contributed by atoms with Gasteiger partial charge in [-0.2, -0.15) is 0 Å². The maximum absolute atomic E-state index is 3.63. The summed E-state index contributed by atoms with van der Waals surface area (Å²) in [6.45, 7) is 12.6. The Morgan fingerprint density at radius 3 is 1.62 bits per heavy atom. The maximum Gasteiger partial charge on any atom is -0.0260 e. The van der Waals surface area contributed by atoms with Gasteiger partial charge in [-0.1, -0.05) is 131 Å². The van der Waals surface area contributed by atoms with Crippen LogP contribution >= 0.6 is 0 Å². The SMILES string of the molecule is C=CC=C.C=Cc1ccccc1.CCCCC=Cc1ccccc1. The third kappa shape index (κ3) is 13.1. The molecule has 0 saturated heterocycles. The number of allylic oxidation sites excluding steroid dienone is 3. The highest BCUT2D eigenvalue weighted by Crippen LogP contribution is 2.03. The van der Waals surface area contributed by atoms with Gasteiger partial charge in [0, 0.05) is 0 Å². The topological polar surface area (TPSA) is 0 Å². The van der Waals surface area contributed by atoms with Crippen LogP contribution in [0.15, 0.2) is 98.6 Å². The first-order valence-corrected chi connectivity index (χ1v) is 8.41. The van der Waals surface area contributed by atoms with E-state index in [2.05, 4.69) is 63.1 Å². The zero-order valence-corrected chi connectivity index (χ0v) is 14.9. The summed E-state index contributed by atoms with van der Waals surface area (Å²) in [6.07, 6.45) is 13.3. The van der Waals surface area contributed by atoms with Gasteiger partial charge in [-0.05, 0) is 17.5 Å². The molecule has 0 bridgehead atoms. The molecule has 0 aliphatic rings. The molecule has 0 aliphatic carbocycles. The van der Waals surface area contributed by atoms with Crippen molar-refractivity contribution in [2.24, 2.45) is 0 Å². The Morgan fingerprint density at radius 1 is 0.750 bits per heavy atom. The molecule has 0 fully saturated rings. The molecule has 0 saturated carbocycles. The number of unbranched alkanes of at least 4 members (excludes halogenated alkanes) is 2. The Labute approximate surface area is 148 Å². The Bertz CT molecular complexity index is 556. The summed E-state index contributed by atoms with van der Waals surface area (Å²) in [4.78, 5) is 0. The highest BCUT2D eigenvalue weighted by Gasteiger charge is 1.82. The van der Waals surface area contributed by atoms with Gasteiger partial charge in [-0.25, -0.2) is 0 Å². The van der Waals surface area contributed by atoms with Crippen molar-refractivity contribution < 1.29 is 0 Å². The van der Waals surface area contributed by atoms with E-state index in [0.29, 0.717) is 0 Å². The van der Waals surface area contributed by atoms with Crippen LogP contribution in [0.2, 0.25) is 0 Å². The van der Waals surface area contributed by atoms with E-state index in [9.17, 15) is 0 Å². The molecule has 0 amide bonds. The second kappa shape index (κ2) is 16.8. The fraction of sp³-hybridized carbons (Fsp3) is 0.167. The van der Waals surface area contributed by atoms with Gasteiger partial charge in [0.1, 0.15) is 0 Å². The average Bonchev–Trinajstić information content (AvgIpc) is 2.67. The van der Waals surface area contributed by atoms with E-state index in [4.69, 9.17) is 0 Å². The van der Waals surface area contributed by atoms with Crippen LogP contribution in [-0.2, 0) is 0 Å². The summed E-state index contributed by atoms with van der Waals surface area (Å²) in [7, 11) is 0. The second-order valence-corrected chi connectivity index (χ2v) is 5.04. The fourth-order valence-corrected chi connectivity index (χ4v) is 1.69. The third-order valence-electron chi connectivity index (χ3n) is 3.04. The third-order valence-corrected chi connectivity index (χ3v) is 3.04. The van der Waals surface area contributed by atoms with Gasteiger partial charge in [-0.15, -0.1) is 0 Å². The van der Waals surface area contributed by atoms with Crippen molar-refractivity contribution in [2.75, 3.05) is 0 Å². The summed E-state index contributed by atoms with van der Waals surface area (Å²) in [5.74, 6) is 0. The molecule has 0 N–H and O–H groups in total. The van der Waals surface area contributed by atoms with Gasteiger partial charge in [0.15, 0.2) is 0 Å². The van der Waals surface area contributed by atoms with Crippen LogP contribution in [0, 0.1) is 0 Å². The molecule has 0 nitrogen and oxygen atoms in total. The molecule has 0 radical (unpaired) electrons. The first-order valence-electron chi connectivity index (χ1n) is 8.41. The molecule has 0 unspecified atom stereocenters. The van der Waals surface area contributed by atoms with Crippen molar-refractivity contribution in [3.05, 3.63) is 110 Å². The van der Waals surface area contributed by atoms with Crippen molar-refractivity contribution >= 4 is 12.2 Å². The van der Waals surface area contributed by atoms with Crippen molar-refractivity contribution in [2.45, 2.75) is 26.2 Å². The lowest BCUT2D eigenvalue weighted by molar-refractivity contribution is 0.816. The van der Waals surface area contributed by atoms with Gasteiger partial charge in [0.2, 0.25) is 0 Å². The summed E-state index contributed by atoms with van der Waals surface area (Å²) in [5.41, 5.74) is 2.47. The minimum atomic E-state index is 1.17. The van der Waals surface area contributed by atoms with E-state index in [1.54, 1.807) is 12.2 Å². The van der Waals surface area contributed by atoms with Gasteiger partial charge >= 0.3 is 0 Å². The van der Waals surface area contributed by atoms with Crippen molar-refractivity contribution in [3.8, 4) is 0 Å². The van der Waals surface area contributed by atoms with Crippen molar-refractivity contribution in [1.82, 2.24) is 0 Å². The quantitative estimate of drug-likeness (QED) is 0.380. The van der Waals surface area contributed by atoms with E-state index < -0.39 is 0 Å². The van der Waals surface area contributed by atoms with Crippen LogP contribution in [0.25, 0.3) is 12.2 Å². The first kappa shape index (κ1) is 21.4. The molecule has 0 heterocycles. The molecule has 0 aromatic heterocycles. The zero-order valence-electron chi connectivity index (χ0n) is 14.9. The number of hydrogen-bond acceptors (Lipinski definition) is 0. The highest BCUT2D eigenvalue weighted by atomic mass is 13.9. The normalized spacial score (nSPS) is 9.04. The first-order chi connectivity index (χ1) is 11.8. The lowest BCUT2D eigenvalue weighted by Crippen LogP contribution is -1.69. The van der Waals surface area contributed by atoms with Gasteiger partial charge in [0.05, 0.1) is 0 Å². The summed E-state index contributed by atoms with van der Waals surface area (Å²) in [5, 5.41) is 0. The summed E-state index contributed by atoms with van der Waals surface area (Å²) in [6, 6.07) is 20.5. The molecular formula is C24H30. The van der Waals surface area contributed by atoms with Crippen molar-refractivity contribution in [3.63, 3.8) is 0 Å². The maximum atomic E-state index is 3.63. The van der Waals surface area contributed by atoms with E-state index in [0.717, 1.165) is 0 Å². The van der Waals surface area contributed by atoms with Crippen molar-refractivity contribution in [1.29, 1.82) is 0 Å². The molecule has 0 heteroatoms. The van der Waals surface area contributed by atoms with Crippen LogP contribution in [0.1, 0.15) is 37.3 Å². The number of hydrogen-bond donors (Lipinski definition) is 0. The van der Waals surface area contributed by atoms with Crippen LogP contribution in [-0.4, -0.2) is 0 Å². The van der Waals surface area contributed by atoms with E-state index in [1.165, 1.54) is 30.4 Å². The predicted octanol–water partition coefficient (Wildman–Crippen LogP) is 7.58. The Balaban J connectivity index is 0.000000379. The van der Waals surface area contributed by atoms with Crippen LogP contribution < -0.4 is 0 Å². The molecule has 126 valence electrons.